The van der Waals surface area contributed by atoms with E-state index in [0.29, 0.717) is 0 Å². The number of carbonyl (C=O) groups excluding carboxylic acids is 1. The number of benzene rings is 1. The summed E-state index contributed by atoms with van der Waals surface area (Å²) in [5.41, 5.74) is 0.726. The summed E-state index contributed by atoms with van der Waals surface area (Å²) in [6.45, 7) is 5.73. The summed E-state index contributed by atoms with van der Waals surface area (Å²) in [6, 6.07) is 7.27. The van der Waals surface area contributed by atoms with E-state index in [1.807, 2.05) is 36.1 Å². The van der Waals surface area contributed by atoms with E-state index in [9.17, 15) is 4.79 Å². The van der Waals surface area contributed by atoms with Crippen LogP contribution in [-0.4, -0.2) is 31.0 Å². The molecule has 94 valence electrons. The summed E-state index contributed by atoms with van der Waals surface area (Å²) in [7, 11) is 1.62. The Morgan fingerprint density at radius 2 is 1.88 bits per heavy atom. The van der Waals surface area contributed by atoms with Gasteiger partial charge in [-0.3, -0.25) is 4.79 Å². The molecule has 1 aromatic rings. The van der Waals surface area contributed by atoms with Gasteiger partial charge in [0.05, 0.1) is 7.11 Å². The summed E-state index contributed by atoms with van der Waals surface area (Å²) in [4.78, 5) is 14.0. The van der Waals surface area contributed by atoms with Crippen LogP contribution in [0.2, 0.25) is 0 Å². The monoisotopic (exact) mass is 235 g/mol. The van der Waals surface area contributed by atoms with Crippen LogP contribution < -0.4 is 4.74 Å². The Bertz CT molecular complexity index is 346. The largest absolute Gasteiger partial charge is 0.497 e. The molecule has 0 saturated carbocycles. The average molecular weight is 235 g/mol. The van der Waals surface area contributed by atoms with Gasteiger partial charge in [-0.1, -0.05) is 13.3 Å². The highest BCUT2D eigenvalue weighted by Crippen LogP contribution is 2.13. The third-order valence-electron chi connectivity index (χ3n) is 2.79. The molecule has 0 N–H and O–H groups in total. The fraction of sp³-hybridized carbons (Fsp3) is 0.500. The highest BCUT2D eigenvalue weighted by Gasteiger charge is 2.13. The van der Waals surface area contributed by atoms with Crippen LogP contribution in [0.4, 0.5) is 0 Å². The number of unbranched alkanes of at least 4 members (excludes halogenated alkanes) is 1. The normalized spacial score (nSPS) is 10.1. The topological polar surface area (TPSA) is 29.5 Å². The third-order valence-corrected chi connectivity index (χ3v) is 2.79. The first-order valence-corrected chi connectivity index (χ1v) is 6.16. The van der Waals surface area contributed by atoms with E-state index < -0.39 is 0 Å². The quantitative estimate of drug-likeness (QED) is 0.758. The van der Waals surface area contributed by atoms with Crippen LogP contribution in [0.1, 0.15) is 37.0 Å². The summed E-state index contributed by atoms with van der Waals surface area (Å²) in [5, 5.41) is 0. The molecule has 0 unspecified atom stereocenters. The molecule has 0 aliphatic heterocycles. The van der Waals surface area contributed by atoms with Gasteiger partial charge in [-0.2, -0.15) is 0 Å². The number of carbonyl (C=O) groups is 1. The van der Waals surface area contributed by atoms with E-state index in [0.717, 1.165) is 37.2 Å². The third kappa shape index (κ3) is 3.77. The molecule has 3 heteroatoms. The first-order valence-electron chi connectivity index (χ1n) is 6.16. The molecule has 0 aromatic heterocycles. The molecule has 3 nitrogen and oxygen atoms in total. The van der Waals surface area contributed by atoms with Gasteiger partial charge in [-0.25, -0.2) is 0 Å². The molecule has 1 aromatic carbocycles. The minimum atomic E-state index is 0.101. The smallest absolute Gasteiger partial charge is 0.253 e. The summed E-state index contributed by atoms with van der Waals surface area (Å²) in [6.07, 6.45) is 2.15. The maximum absolute atomic E-state index is 12.2. The highest BCUT2D eigenvalue weighted by molar-refractivity contribution is 5.94. The lowest BCUT2D eigenvalue weighted by Gasteiger charge is -2.20. The second-order valence-electron chi connectivity index (χ2n) is 3.97. The lowest BCUT2D eigenvalue weighted by atomic mass is 10.2. The zero-order valence-electron chi connectivity index (χ0n) is 10.9. The zero-order chi connectivity index (χ0) is 12.7. The van der Waals surface area contributed by atoms with Crippen LogP contribution in [0.25, 0.3) is 0 Å². The molecule has 0 radical (unpaired) electrons. The Morgan fingerprint density at radius 3 is 2.35 bits per heavy atom. The first kappa shape index (κ1) is 13.6. The molecule has 0 spiro atoms. The Labute approximate surface area is 103 Å². The van der Waals surface area contributed by atoms with Gasteiger partial charge in [0.25, 0.3) is 5.91 Å². The number of methoxy groups -OCH3 is 1. The molecule has 0 aliphatic rings. The molecule has 1 rings (SSSR count). The minimum absolute atomic E-state index is 0.101. The lowest BCUT2D eigenvalue weighted by Crippen LogP contribution is -2.31. The molecule has 17 heavy (non-hydrogen) atoms. The molecule has 0 atom stereocenters. The van der Waals surface area contributed by atoms with Crippen molar-refractivity contribution >= 4 is 5.91 Å². The van der Waals surface area contributed by atoms with Crippen molar-refractivity contribution in [2.45, 2.75) is 26.7 Å². The van der Waals surface area contributed by atoms with E-state index in [2.05, 4.69) is 6.92 Å². The minimum Gasteiger partial charge on any atom is -0.497 e. The van der Waals surface area contributed by atoms with E-state index in [-0.39, 0.29) is 5.91 Å². The van der Waals surface area contributed by atoms with Crippen LogP contribution in [0.3, 0.4) is 0 Å². The van der Waals surface area contributed by atoms with Gasteiger partial charge >= 0.3 is 0 Å². The highest BCUT2D eigenvalue weighted by atomic mass is 16.5. The van der Waals surface area contributed by atoms with Crippen molar-refractivity contribution in [2.75, 3.05) is 20.2 Å². The predicted molar refractivity (Wildman–Crippen MR) is 69.5 cm³/mol. The van der Waals surface area contributed by atoms with Gasteiger partial charge in [-0.05, 0) is 37.6 Å². The van der Waals surface area contributed by atoms with Crippen LogP contribution in [-0.2, 0) is 0 Å². The van der Waals surface area contributed by atoms with Crippen molar-refractivity contribution in [2.24, 2.45) is 0 Å². The molecule has 0 fully saturated rings. The van der Waals surface area contributed by atoms with Crippen molar-refractivity contribution in [3.8, 4) is 5.75 Å². The van der Waals surface area contributed by atoms with Gasteiger partial charge < -0.3 is 9.64 Å². The zero-order valence-corrected chi connectivity index (χ0v) is 10.9. The van der Waals surface area contributed by atoms with E-state index in [4.69, 9.17) is 4.74 Å². The van der Waals surface area contributed by atoms with Gasteiger partial charge in [0.2, 0.25) is 0 Å². The fourth-order valence-corrected chi connectivity index (χ4v) is 1.67. The number of hydrogen-bond donors (Lipinski definition) is 0. The second kappa shape index (κ2) is 6.94. The SMILES string of the molecule is CCCCN(CC)C(=O)c1ccc(OC)cc1. The fourth-order valence-electron chi connectivity index (χ4n) is 1.67. The van der Waals surface area contributed by atoms with Crippen LogP contribution in [0.15, 0.2) is 24.3 Å². The summed E-state index contributed by atoms with van der Waals surface area (Å²) < 4.78 is 5.08. The van der Waals surface area contributed by atoms with Crippen molar-refractivity contribution in [3.05, 3.63) is 29.8 Å². The van der Waals surface area contributed by atoms with Crippen LogP contribution in [0.5, 0.6) is 5.75 Å². The van der Waals surface area contributed by atoms with Gasteiger partial charge in [0.15, 0.2) is 0 Å². The van der Waals surface area contributed by atoms with Crippen molar-refractivity contribution in [1.82, 2.24) is 4.90 Å². The van der Waals surface area contributed by atoms with Crippen molar-refractivity contribution < 1.29 is 9.53 Å². The Hall–Kier alpha value is -1.51. The molecule has 0 saturated heterocycles. The predicted octanol–water partition coefficient (Wildman–Crippen LogP) is 2.96. The second-order valence-corrected chi connectivity index (χ2v) is 3.97. The molecule has 0 heterocycles. The van der Waals surface area contributed by atoms with Gasteiger partial charge in [0, 0.05) is 18.7 Å². The number of hydrogen-bond acceptors (Lipinski definition) is 2. The van der Waals surface area contributed by atoms with Crippen molar-refractivity contribution in [1.29, 1.82) is 0 Å². The number of amides is 1. The lowest BCUT2D eigenvalue weighted by molar-refractivity contribution is 0.0762. The number of nitrogens with zero attached hydrogens (tertiary/aromatic N) is 1. The van der Waals surface area contributed by atoms with E-state index in [1.54, 1.807) is 7.11 Å². The number of rotatable bonds is 6. The van der Waals surface area contributed by atoms with E-state index in [1.165, 1.54) is 0 Å². The molecular weight excluding hydrogens is 214 g/mol. The Morgan fingerprint density at radius 1 is 1.24 bits per heavy atom. The Kier molecular flexibility index (Phi) is 5.53. The summed E-state index contributed by atoms with van der Waals surface area (Å²) >= 11 is 0. The van der Waals surface area contributed by atoms with E-state index >= 15 is 0 Å². The summed E-state index contributed by atoms with van der Waals surface area (Å²) in [5.74, 6) is 0.877. The van der Waals surface area contributed by atoms with Crippen LogP contribution in [0, 0.1) is 0 Å². The molecule has 1 amide bonds. The standard InChI is InChI=1S/C14H21NO2/c1-4-6-11-15(5-2)14(16)12-7-9-13(17-3)10-8-12/h7-10H,4-6,11H2,1-3H3. The van der Waals surface area contributed by atoms with Crippen LogP contribution >= 0.6 is 0 Å². The average Bonchev–Trinajstić information content (AvgIpc) is 2.39. The van der Waals surface area contributed by atoms with Gasteiger partial charge in [-0.15, -0.1) is 0 Å². The maximum atomic E-state index is 12.2. The molecule has 0 bridgehead atoms. The van der Waals surface area contributed by atoms with Gasteiger partial charge in [0.1, 0.15) is 5.75 Å². The number of ether oxygens (including phenoxy) is 1. The molecule has 0 aliphatic carbocycles. The van der Waals surface area contributed by atoms with Crippen molar-refractivity contribution in [3.63, 3.8) is 0 Å². The molecular formula is C14H21NO2. The Balaban J connectivity index is 2.71. The maximum Gasteiger partial charge on any atom is 0.253 e. The first-order chi connectivity index (χ1) is 8.22.